The lowest BCUT2D eigenvalue weighted by Gasteiger charge is -2.09. The van der Waals surface area contributed by atoms with Crippen LogP contribution in [0.3, 0.4) is 0 Å². The van der Waals surface area contributed by atoms with Crippen LogP contribution in [0.1, 0.15) is 5.56 Å². The zero-order chi connectivity index (χ0) is 17.1. The molecule has 1 aromatic carbocycles. The third-order valence-corrected chi connectivity index (χ3v) is 4.14. The van der Waals surface area contributed by atoms with Gasteiger partial charge >= 0.3 is 0 Å². The van der Waals surface area contributed by atoms with Crippen LogP contribution >= 0.6 is 0 Å². The number of hydrogen-bond donors (Lipinski definition) is 0. The Kier molecular flexibility index (Phi) is 4.05. The summed E-state index contributed by atoms with van der Waals surface area (Å²) in [7, 11) is 0. The highest BCUT2D eigenvalue weighted by atomic mass is 14.8. The molecule has 3 aromatic heterocycles. The van der Waals surface area contributed by atoms with E-state index in [-0.39, 0.29) is 0 Å². The zero-order valence-corrected chi connectivity index (χ0v) is 13.9. The molecular formula is C22H17N3. The highest BCUT2D eigenvalue weighted by Crippen LogP contribution is 2.30. The average Bonchev–Trinajstić information content (AvgIpc) is 2.69. The van der Waals surface area contributed by atoms with Gasteiger partial charge < -0.3 is 0 Å². The van der Waals surface area contributed by atoms with Crippen molar-refractivity contribution in [2.75, 3.05) is 0 Å². The molecule has 4 aromatic rings. The molecule has 0 spiro atoms. The lowest BCUT2D eigenvalue weighted by atomic mass is 10.0. The molecule has 120 valence electrons. The number of aromatic nitrogens is 3. The maximum atomic E-state index is 4.57. The Hall–Kier alpha value is -3.33. The summed E-state index contributed by atoms with van der Waals surface area (Å²) in [6.45, 7) is 2.09. The van der Waals surface area contributed by atoms with Crippen molar-refractivity contribution < 1.29 is 0 Å². The first-order chi connectivity index (χ1) is 12.3. The van der Waals surface area contributed by atoms with E-state index in [2.05, 4.69) is 52.2 Å². The predicted molar refractivity (Wildman–Crippen MR) is 101 cm³/mol. The van der Waals surface area contributed by atoms with Crippen LogP contribution in [0.4, 0.5) is 0 Å². The van der Waals surface area contributed by atoms with Crippen molar-refractivity contribution in [3.63, 3.8) is 0 Å². The zero-order valence-electron chi connectivity index (χ0n) is 13.9. The number of pyridine rings is 3. The lowest BCUT2D eigenvalue weighted by molar-refractivity contribution is 1.23. The molecule has 0 aliphatic rings. The summed E-state index contributed by atoms with van der Waals surface area (Å²) < 4.78 is 0. The Morgan fingerprint density at radius 3 is 2.20 bits per heavy atom. The maximum Gasteiger partial charge on any atom is 0.0980 e. The van der Waals surface area contributed by atoms with Gasteiger partial charge in [0.2, 0.25) is 0 Å². The molecule has 0 unspecified atom stereocenters. The molecule has 0 N–H and O–H groups in total. The smallest absolute Gasteiger partial charge is 0.0980 e. The van der Waals surface area contributed by atoms with Crippen LogP contribution in [0.15, 0.2) is 85.3 Å². The van der Waals surface area contributed by atoms with Gasteiger partial charge in [-0.2, -0.15) is 0 Å². The van der Waals surface area contributed by atoms with Crippen molar-refractivity contribution >= 4 is 0 Å². The van der Waals surface area contributed by atoms with Crippen molar-refractivity contribution in [2.45, 2.75) is 6.92 Å². The van der Waals surface area contributed by atoms with Crippen molar-refractivity contribution in [1.82, 2.24) is 15.0 Å². The van der Waals surface area contributed by atoms with Gasteiger partial charge in [0.15, 0.2) is 0 Å². The van der Waals surface area contributed by atoms with Crippen molar-refractivity contribution in [1.29, 1.82) is 0 Å². The van der Waals surface area contributed by atoms with Crippen LogP contribution in [0, 0.1) is 6.92 Å². The fraction of sp³-hybridized carbons (Fsp3) is 0.0455. The molecule has 0 saturated carbocycles. The highest BCUT2D eigenvalue weighted by molar-refractivity contribution is 5.79. The molecule has 3 heteroatoms. The van der Waals surface area contributed by atoms with Gasteiger partial charge in [0.05, 0.1) is 17.1 Å². The minimum absolute atomic E-state index is 0.843. The molecule has 3 heterocycles. The van der Waals surface area contributed by atoms with E-state index in [0.29, 0.717) is 0 Å². The monoisotopic (exact) mass is 323 g/mol. The summed E-state index contributed by atoms with van der Waals surface area (Å²) in [4.78, 5) is 13.6. The van der Waals surface area contributed by atoms with Gasteiger partial charge in [-0.1, -0.05) is 35.9 Å². The van der Waals surface area contributed by atoms with Gasteiger partial charge in [0, 0.05) is 24.2 Å². The quantitative estimate of drug-likeness (QED) is 0.521. The fourth-order valence-electron chi connectivity index (χ4n) is 2.82. The number of hydrogen-bond acceptors (Lipinski definition) is 3. The van der Waals surface area contributed by atoms with Crippen LogP contribution in [-0.2, 0) is 0 Å². The second-order valence-corrected chi connectivity index (χ2v) is 5.91. The molecule has 0 radical (unpaired) electrons. The largest absolute Gasteiger partial charge is 0.256 e. The van der Waals surface area contributed by atoms with Crippen molar-refractivity contribution in [3.05, 3.63) is 90.9 Å². The minimum Gasteiger partial charge on any atom is -0.256 e. The van der Waals surface area contributed by atoms with Crippen LogP contribution < -0.4 is 0 Å². The molecule has 4 rings (SSSR count). The fourth-order valence-corrected chi connectivity index (χ4v) is 2.82. The Labute approximate surface area is 147 Å². The number of rotatable bonds is 3. The minimum atomic E-state index is 0.843. The van der Waals surface area contributed by atoms with Gasteiger partial charge in [-0.05, 0) is 54.4 Å². The van der Waals surface area contributed by atoms with Gasteiger partial charge in [-0.15, -0.1) is 0 Å². The first kappa shape index (κ1) is 15.2. The number of nitrogens with zero attached hydrogens (tertiary/aromatic N) is 3. The van der Waals surface area contributed by atoms with Gasteiger partial charge in [-0.3, -0.25) is 15.0 Å². The van der Waals surface area contributed by atoms with E-state index in [1.54, 1.807) is 12.4 Å². The molecule has 0 aliphatic carbocycles. The second-order valence-electron chi connectivity index (χ2n) is 5.91. The summed E-state index contributed by atoms with van der Waals surface area (Å²) in [6.07, 6.45) is 5.42. The van der Waals surface area contributed by atoms with Crippen LogP contribution in [0.25, 0.3) is 33.8 Å². The van der Waals surface area contributed by atoms with Gasteiger partial charge in [0.1, 0.15) is 0 Å². The van der Waals surface area contributed by atoms with E-state index in [1.807, 2.05) is 42.6 Å². The summed E-state index contributed by atoms with van der Waals surface area (Å²) in [5.41, 5.74) is 7.12. The number of aryl methyl sites for hydroxylation is 1. The summed E-state index contributed by atoms with van der Waals surface area (Å²) in [6, 6.07) is 22.5. The van der Waals surface area contributed by atoms with Gasteiger partial charge in [0.25, 0.3) is 0 Å². The molecule has 0 aliphatic heterocycles. The van der Waals surface area contributed by atoms with E-state index in [0.717, 1.165) is 28.2 Å². The maximum absolute atomic E-state index is 4.57. The third kappa shape index (κ3) is 3.17. The van der Waals surface area contributed by atoms with Crippen molar-refractivity contribution in [3.8, 4) is 33.8 Å². The van der Waals surface area contributed by atoms with Crippen LogP contribution in [0.2, 0.25) is 0 Å². The average molecular weight is 323 g/mol. The van der Waals surface area contributed by atoms with E-state index in [4.69, 9.17) is 0 Å². The standard InChI is InChI=1S/C22H17N3/c1-16-7-9-17(10-8-16)18-11-14-24-21(15-18)22-19(5-4-13-25-22)20-6-2-3-12-23-20/h2-15H,1H3. The Morgan fingerprint density at radius 2 is 1.40 bits per heavy atom. The molecule has 0 bridgehead atoms. The summed E-state index contributed by atoms with van der Waals surface area (Å²) in [5, 5.41) is 0. The molecule has 0 fully saturated rings. The Bertz CT molecular complexity index is 993. The highest BCUT2D eigenvalue weighted by Gasteiger charge is 2.11. The molecule has 0 saturated heterocycles. The molecule has 25 heavy (non-hydrogen) atoms. The molecule has 0 amide bonds. The summed E-state index contributed by atoms with van der Waals surface area (Å²) in [5.74, 6) is 0. The molecule has 3 nitrogen and oxygen atoms in total. The van der Waals surface area contributed by atoms with E-state index < -0.39 is 0 Å². The van der Waals surface area contributed by atoms with Crippen molar-refractivity contribution in [2.24, 2.45) is 0 Å². The normalized spacial score (nSPS) is 10.6. The third-order valence-electron chi connectivity index (χ3n) is 4.14. The molecular weight excluding hydrogens is 306 g/mol. The first-order valence-corrected chi connectivity index (χ1v) is 8.21. The van der Waals surface area contributed by atoms with Gasteiger partial charge in [-0.25, -0.2) is 0 Å². The summed E-state index contributed by atoms with van der Waals surface area (Å²) >= 11 is 0. The van der Waals surface area contributed by atoms with Crippen LogP contribution in [-0.4, -0.2) is 15.0 Å². The lowest BCUT2D eigenvalue weighted by Crippen LogP contribution is -1.93. The Morgan fingerprint density at radius 1 is 0.600 bits per heavy atom. The topological polar surface area (TPSA) is 38.7 Å². The van der Waals surface area contributed by atoms with E-state index in [1.165, 1.54) is 11.1 Å². The number of benzene rings is 1. The Balaban J connectivity index is 1.81. The predicted octanol–water partition coefficient (Wildman–Crippen LogP) is 5.18. The van der Waals surface area contributed by atoms with E-state index >= 15 is 0 Å². The SMILES string of the molecule is Cc1ccc(-c2ccnc(-c3ncccc3-c3ccccn3)c2)cc1. The first-order valence-electron chi connectivity index (χ1n) is 8.21. The second kappa shape index (κ2) is 6.65. The van der Waals surface area contributed by atoms with Crippen LogP contribution in [0.5, 0.6) is 0 Å². The molecule has 0 atom stereocenters. The van der Waals surface area contributed by atoms with E-state index in [9.17, 15) is 0 Å².